The number of rotatable bonds is 3. The van der Waals surface area contributed by atoms with Crippen LogP contribution in [0.3, 0.4) is 0 Å². The molecule has 2 aromatic rings. The van der Waals surface area contributed by atoms with E-state index in [-0.39, 0.29) is 11.8 Å². The lowest BCUT2D eigenvalue weighted by atomic mass is 10.1. The molecule has 0 spiro atoms. The summed E-state index contributed by atoms with van der Waals surface area (Å²) >= 11 is 0. The summed E-state index contributed by atoms with van der Waals surface area (Å²) in [5.41, 5.74) is -0.202. The van der Waals surface area contributed by atoms with Crippen molar-refractivity contribution in [2.45, 2.75) is 20.0 Å². The molecule has 1 heterocycles. The van der Waals surface area contributed by atoms with Crippen molar-refractivity contribution < 1.29 is 9.13 Å². The highest BCUT2D eigenvalue weighted by Gasteiger charge is 2.10. The summed E-state index contributed by atoms with van der Waals surface area (Å²) in [5.74, 6) is -0.186. The Kier molecular flexibility index (Phi) is 3.41. The van der Waals surface area contributed by atoms with Crippen LogP contribution in [0.4, 0.5) is 4.39 Å². The first-order valence-corrected chi connectivity index (χ1v) is 5.58. The summed E-state index contributed by atoms with van der Waals surface area (Å²) in [4.78, 5) is 17.1. The van der Waals surface area contributed by atoms with Crippen molar-refractivity contribution in [3.63, 3.8) is 0 Å². The van der Waals surface area contributed by atoms with Gasteiger partial charge in [0.05, 0.1) is 12.4 Å². The Morgan fingerprint density at radius 3 is 2.56 bits per heavy atom. The monoisotopic (exact) mass is 248 g/mol. The summed E-state index contributed by atoms with van der Waals surface area (Å²) in [5, 5.41) is 0. The molecule has 1 aromatic heterocycles. The van der Waals surface area contributed by atoms with Gasteiger partial charge in [-0.05, 0) is 38.1 Å². The second-order valence-corrected chi connectivity index (χ2v) is 4.09. The standard InChI is InChI=1S/C13H13FN2O2/c1-8(2)18-10-5-3-9(4-6-10)12-11(14)13(17)16-7-15-12/h3-8H,1-2H3,(H,15,16,17). The van der Waals surface area contributed by atoms with E-state index in [0.717, 1.165) is 0 Å². The Balaban J connectivity index is 2.35. The lowest BCUT2D eigenvalue weighted by Gasteiger charge is -2.09. The maximum Gasteiger partial charge on any atom is 0.287 e. The molecule has 5 heteroatoms. The van der Waals surface area contributed by atoms with E-state index in [2.05, 4.69) is 9.97 Å². The minimum atomic E-state index is -0.880. The molecule has 0 atom stereocenters. The third-order valence-corrected chi connectivity index (χ3v) is 2.30. The number of aromatic nitrogens is 2. The number of benzene rings is 1. The largest absolute Gasteiger partial charge is 0.491 e. The van der Waals surface area contributed by atoms with Gasteiger partial charge in [0.1, 0.15) is 11.4 Å². The van der Waals surface area contributed by atoms with E-state index in [1.165, 1.54) is 6.33 Å². The zero-order valence-corrected chi connectivity index (χ0v) is 10.1. The fourth-order valence-electron chi connectivity index (χ4n) is 1.55. The molecule has 0 aliphatic rings. The maximum atomic E-state index is 13.6. The molecule has 0 aliphatic heterocycles. The molecule has 94 valence electrons. The SMILES string of the molecule is CC(C)Oc1ccc(-c2nc[nH]c(=O)c2F)cc1. The second kappa shape index (κ2) is 5.00. The first kappa shape index (κ1) is 12.3. The predicted octanol–water partition coefficient (Wildman–Crippen LogP) is 2.36. The van der Waals surface area contributed by atoms with Crippen LogP contribution in [0.25, 0.3) is 11.3 Å². The van der Waals surface area contributed by atoms with Gasteiger partial charge in [0, 0.05) is 5.56 Å². The van der Waals surface area contributed by atoms with Gasteiger partial charge in [-0.2, -0.15) is 4.39 Å². The number of halogens is 1. The topological polar surface area (TPSA) is 55.0 Å². The van der Waals surface area contributed by atoms with Crippen molar-refractivity contribution in [2.24, 2.45) is 0 Å². The van der Waals surface area contributed by atoms with Crippen LogP contribution in [0.15, 0.2) is 35.4 Å². The van der Waals surface area contributed by atoms with Crippen molar-refractivity contribution in [1.82, 2.24) is 9.97 Å². The second-order valence-electron chi connectivity index (χ2n) is 4.09. The van der Waals surface area contributed by atoms with Crippen LogP contribution in [-0.4, -0.2) is 16.1 Å². The van der Waals surface area contributed by atoms with Gasteiger partial charge in [0.25, 0.3) is 5.56 Å². The highest BCUT2D eigenvalue weighted by molar-refractivity contribution is 5.60. The third-order valence-electron chi connectivity index (χ3n) is 2.30. The van der Waals surface area contributed by atoms with Crippen LogP contribution in [0, 0.1) is 5.82 Å². The summed E-state index contributed by atoms with van der Waals surface area (Å²) in [6, 6.07) is 6.78. The van der Waals surface area contributed by atoms with Crippen LogP contribution >= 0.6 is 0 Å². The number of ether oxygens (including phenoxy) is 1. The Hall–Kier alpha value is -2.17. The fourth-order valence-corrected chi connectivity index (χ4v) is 1.55. The molecule has 0 aliphatic carbocycles. The first-order valence-electron chi connectivity index (χ1n) is 5.58. The molecule has 0 radical (unpaired) electrons. The smallest absolute Gasteiger partial charge is 0.287 e. The predicted molar refractivity (Wildman–Crippen MR) is 66.0 cm³/mol. The van der Waals surface area contributed by atoms with Crippen molar-refractivity contribution >= 4 is 0 Å². The Labute approximate surface area is 103 Å². The Bertz CT molecular complexity index is 591. The van der Waals surface area contributed by atoms with Gasteiger partial charge in [-0.1, -0.05) is 0 Å². The number of nitrogens with one attached hydrogen (secondary N) is 1. The van der Waals surface area contributed by atoms with E-state index in [4.69, 9.17) is 4.74 Å². The molecule has 1 N–H and O–H groups in total. The van der Waals surface area contributed by atoms with Gasteiger partial charge in [-0.3, -0.25) is 4.79 Å². The lowest BCUT2D eigenvalue weighted by molar-refractivity contribution is 0.242. The number of hydrogen-bond donors (Lipinski definition) is 1. The minimum absolute atomic E-state index is 0.0369. The normalized spacial score (nSPS) is 10.7. The highest BCUT2D eigenvalue weighted by Crippen LogP contribution is 2.21. The van der Waals surface area contributed by atoms with Gasteiger partial charge in [0.15, 0.2) is 0 Å². The van der Waals surface area contributed by atoms with Gasteiger partial charge in [-0.25, -0.2) is 4.98 Å². The molecule has 0 saturated carbocycles. The van der Waals surface area contributed by atoms with Gasteiger partial charge < -0.3 is 9.72 Å². The molecule has 4 nitrogen and oxygen atoms in total. The summed E-state index contributed by atoms with van der Waals surface area (Å²) < 4.78 is 19.0. The summed E-state index contributed by atoms with van der Waals surface area (Å²) in [6.07, 6.45) is 1.25. The van der Waals surface area contributed by atoms with Crippen LogP contribution < -0.4 is 10.3 Å². The van der Waals surface area contributed by atoms with Crippen molar-refractivity contribution in [1.29, 1.82) is 0 Å². The maximum absolute atomic E-state index is 13.6. The summed E-state index contributed by atoms with van der Waals surface area (Å²) in [6.45, 7) is 3.84. The van der Waals surface area contributed by atoms with Gasteiger partial charge >= 0.3 is 0 Å². The zero-order chi connectivity index (χ0) is 13.1. The zero-order valence-electron chi connectivity index (χ0n) is 10.1. The van der Waals surface area contributed by atoms with Crippen LogP contribution in [0.5, 0.6) is 5.75 Å². The van der Waals surface area contributed by atoms with E-state index in [1.807, 2.05) is 13.8 Å². The molecule has 0 fully saturated rings. The molecule has 18 heavy (non-hydrogen) atoms. The Morgan fingerprint density at radius 2 is 1.94 bits per heavy atom. The van der Waals surface area contributed by atoms with Crippen LogP contribution in [-0.2, 0) is 0 Å². The summed E-state index contributed by atoms with van der Waals surface area (Å²) in [7, 11) is 0. The molecule has 0 unspecified atom stereocenters. The average Bonchev–Trinajstić information content (AvgIpc) is 2.33. The number of nitrogens with zero attached hydrogens (tertiary/aromatic N) is 1. The molecular formula is C13H13FN2O2. The molecule has 0 bridgehead atoms. The first-order chi connectivity index (χ1) is 8.58. The van der Waals surface area contributed by atoms with Crippen LogP contribution in [0.1, 0.15) is 13.8 Å². The fraction of sp³-hybridized carbons (Fsp3) is 0.231. The molecule has 0 saturated heterocycles. The van der Waals surface area contributed by atoms with E-state index in [1.54, 1.807) is 24.3 Å². The average molecular weight is 248 g/mol. The van der Waals surface area contributed by atoms with Crippen LogP contribution in [0.2, 0.25) is 0 Å². The van der Waals surface area contributed by atoms with E-state index < -0.39 is 11.4 Å². The lowest BCUT2D eigenvalue weighted by Crippen LogP contribution is -2.12. The van der Waals surface area contributed by atoms with Crippen molar-refractivity contribution in [2.75, 3.05) is 0 Å². The number of H-pyrrole nitrogens is 1. The van der Waals surface area contributed by atoms with Gasteiger partial charge in [0.2, 0.25) is 5.82 Å². The van der Waals surface area contributed by atoms with E-state index in [9.17, 15) is 9.18 Å². The number of aromatic amines is 1. The van der Waals surface area contributed by atoms with Crippen molar-refractivity contribution in [3.05, 3.63) is 46.8 Å². The van der Waals surface area contributed by atoms with Gasteiger partial charge in [-0.15, -0.1) is 0 Å². The van der Waals surface area contributed by atoms with E-state index >= 15 is 0 Å². The third kappa shape index (κ3) is 2.56. The highest BCUT2D eigenvalue weighted by atomic mass is 19.1. The van der Waals surface area contributed by atoms with Crippen molar-refractivity contribution in [3.8, 4) is 17.0 Å². The quantitative estimate of drug-likeness (QED) is 0.907. The molecule has 1 aromatic carbocycles. The number of hydrogen-bond acceptors (Lipinski definition) is 3. The van der Waals surface area contributed by atoms with E-state index in [0.29, 0.717) is 11.3 Å². The molecule has 2 rings (SSSR count). The Morgan fingerprint density at radius 1 is 1.28 bits per heavy atom. The molecular weight excluding hydrogens is 235 g/mol. The molecule has 0 amide bonds. The minimum Gasteiger partial charge on any atom is -0.491 e.